The zero-order valence-electron chi connectivity index (χ0n) is 10.1. The summed E-state index contributed by atoms with van der Waals surface area (Å²) in [7, 11) is -0.746. The molecule has 0 saturated carbocycles. The Bertz CT molecular complexity index is 521. The van der Waals surface area contributed by atoms with Gasteiger partial charge in [0.25, 0.3) is 0 Å². The number of thiophene rings is 1. The molecular weight excluding hydrogens is 250 g/mol. The molecule has 2 aromatic rings. The van der Waals surface area contributed by atoms with Crippen molar-refractivity contribution in [1.29, 1.82) is 0 Å². The molecular formula is C13H17NOS2. The molecule has 0 spiro atoms. The third-order valence-electron chi connectivity index (χ3n) is 2.88. The van der Waals surface area contributed by atoms with Crippen LogP contribution in [0.1, 0.15) is 12.5 Å². The van der Waals surface area contributed by atoms with Crippen molar-refractivity contribution in [3.05, 3.63) is 35.2 Å². The molecule has 2 nitrogen and oxygen atoms in total. The number of nitrogens with one attached hydrogen (secondary N) is 1. The third kappa shape index (κ3) is 3.15. The minimum Gasteiger partial charge on any atom is -0.311 e. The molecule has 0 aliphatic rings. The van der Waals surface area contributed by atoms with Gasteiger partial charge in [0.2, 0.25) is 0 Å². The molecule has 0 saturated heterocycles. The van der Waals surface area contributed by atoms with E-state index < -0.39 is 10.8 Å². The monoisotopic (exact) mass is 267 g/mol. The maximum Gasteiger partial charge on any atom is 0.0441 e. The molecule has 0 amide bonds. The van der Waals surface area contributed by atoms with Crippen LogP contribution >= 0.6 is 11.3 Å². The van der Waals surface area contributed by atoms with E-state index in [4.69, 9.17) is 0 Å². The van der Waals surface area contributed by atoms with Crippen molar-refractivity contribution < 1.29 is 4.21 Å². The fourth-order valence-corrected chi connectivity index (χ4v) is 3.01. The molecule has 1 aromatic heterocycles. The molecule has 2 atom stereocenters. The quantitative estimate of drug-likeness (QED) is 0.902. The van der Waals surface area contributed by atoms with Crippen LogP contribution in [0.2, 0.25) is 0 Å². The van der Waals surface area contributed by atoms with E-state index >= 15 is 0 Å². The highest BCUT2D eigenvalue weighted by atomic mass is 32.2. The lowest BCUT2D eigenvalue weighted by molar-refractivity contribution is 0.648. The topological polar surface area (TPSA) is 29.1 Å². The fraction of sp³-hybridized carbons (Fsp3) is 0.385. The Hall–Kier alpha value is -0.710. The zero-order chi connectivity index (χ0) is 12.3. The molecule has 2 rings (SSSR count). The van der Waals surface area contributed by atoms with Crippen LogP contribution in [-0.2, 0) is 17.3 Å². The molecule has 0 bridgehead atoms. The van der Waals surface area contributed by atoms with Crippen LogP contribution in [0, 0.1) is 0 Å². The first-order valence-electron chi connectivity index (χ1n) is 5.66. The van der Waals surface area contributed by atoms with Crippen molar-refractivity contribution >= 4 is 32.2 Å². The molecule has 1 N–H and O–H groups in total. The maximum atomic E-state index is 11.2. The van der Waals surface area contributed by atoms with E-state index in [1.165, 1.54) is 15.6 Å². The lowest BCUT2D eigenvalue weighted by Crippen LogP contribution is -2.27. The molecule has 1 heterocycles. The van der Waals surface area contributed by atoms with E-state index in [2.05, 4.69) is 35.0 Å². The average molecular weight is 267 g/mol. The van der Waals surface area contributed by atoms with Gasteiger partial charge in [0, 0.05) is 40.1 Å². The average Bonchev–Trinajstić information content (AvgIpc) is 2.72. The fourth-order valence-electron chi connectivity index (χ4n) is 1.70. The van der Waals surface area contributed by atoms with Gasteiger partial charge in [0.1, 0.15) is 0 Å². The van der Waals surface area contributed by atoms with E-state index in [0.29, 0.717) is 0 Å². The molecule has 4 heteroatoms. The Kier molecular flexibility index (Phi) is 4.31. The van der Waals surface area contributed by atoms with Gasteiger partial charge in [-0.15, -0.1) is 11.3 Å². The summed E-state index contributed by atoms with van der Waals surface area (Å²) >= 11 is 1.78. The van der Waals surface area contributed by atoms with Crippen molar-refractivity contribution in [1.82, 2.24) is 5.32 Å². The molecule has 0 radical (unpaired) electrons. The molecule has 1 aromatic carbocycles. The van der Waals surface area contributed by atoms with Gasteiger partial charge in [-0.25, -0.2) is 0 Å². The summed E-state index contributed by atoms with van der Waals surface area (Å²) in [5.41, 5.74) is 1.33. The second kappa shape index (κ2) is 5.76. The normalized spacial score (nSPS) is 14.9. The second-order valence-electron chi connectivity index (χ2n) is 4.20. The van der Waals surface area contributed by atoms with Gasteiger partial charge in [0.05, 0.1) is 0 Å². The van der Waals surface area contributed by atoms with Gasteiger partial charge in [0.15, 0.2) is 0 Å². The highest BCUT2D eigenvalue weighted by Gasteiger charge is 2.06. The van der Waals surface area contributed by atoms with Crippen molar-refractivity contribution in [3.8, 4) is 0 Å². The number of hydrogen-bond donors (Lipinski definition) is 1. The van der Waals surface area contributed by atoms with Crippen LogP contribution < -0.4 is 5.32 Å². The van der Waals surface area contributed by atoms with E-state index in [-0.39, 0.29) is 5.25 Å². The molecule has 0 aliphatic carbocycles. The molecule has 0 aliphatic heterocycles. The van der Waals surface area contributed by atoms with Gasteiger partial charge in [-0.05, 0) is 29.3 Å². The van der Waals surface area contributed by atoms with Gasteiger partial charge >= 0.3 is 0 Å². The summed E-state index contributed by atoms with van der Waals surface area (Å²) in [5, 5.41) is 7.11. The van der Waals surface area contributed by atoms with Crippen LogP contribution in [0.25, 0.3) is 10.1 Å². The number of rotatable bonds is 5. The molecule has 2 unspecified atom stereocenters. The van der Waals surface area contributed by atoms with E-state index in [1.54, 1.807) is 17.6 Å². The van der Waals surface area contributed by atoms with E-state index in [1.807, 2.05) is 6.92 Å². The van der Waals surface area contributed by atoms with Gasteiger partial charge < -0.3 is 5.32 Å². The first-order chi connectivity index (χ1) is 8.18. The lowest BCUT2D eigenvalue weighted by atomic mass is 10.2. The predicted octanol–water partition coefficient (Wildman–Crippen LogP) is 2.76. The Labute approximate surface area is 109 Å². The number of fused-ring (bicyclic) bond motifs is 1. The van der Waals surface area contributed by atoms with Crippen LogP contribution in [0.15, 0.2) is 29.6 Å². The van der Waals surface area contributed by atoms with Gasteiger partial charge in [-0.1, -0.05) is 18.2 Å². The van der Waals surface area contributed by atoms with Gasteiger partial charge in [-0.3, -0.25) is 4.21 Å². The smallest absolute Gasteiger partial charge is 0.0441 e. The zero-order valence-corrected chi connectivity index (χ0v) is 11.7. The Morgan fingerprint density at radius 3 is 2.94 bits per heavy atom. The highest BCUT2D eigenvalue weighted by molar-refractivity contribution is 7.84. The predicted molar refractivity (Wildman–Crippen MR) is 77.1 cm³/mol. The van der Waals surface area contributed by atoms with Crippen molar-refractivity contribution in [2.45, 2.75) is 18.7 Å². The van der Waals surface area contributed by atoms with Crippen LogP contribution in [0.5, 0.6) is 0 Å². The Morgan fingerprint density at radius 1 is 1.41 bits per heavy atom. The lowest BCUT2D eigenvalue weighted by Gasteiger charge is -2.09. The first-order valence-corrected chi connectivity index (χ1v) is 8.16. The second-order valence-corrected chi connectivity index (χ2v) is 6.91. The summed E-state index contributed by atoms with van der Waals surface area (Å²) in [6.07, 6.45) is 1.76. The Balaban J connectivity index is 1.98. The largest absolute Gasteiger partial charge is 0.311 e. The SMILES string of the molecule is CC(CNCc1csc2ccccc12)S(C)=O. The third-order valence-corrected chi connectivity index (χ3v) is 5.19. The number of hydrogen-bond acceptors (Lipinski definition) is 3. The van der Waals surface area contributed by atoms with Crippen LogP contribution in [0.3, 0.4) is 0 Å². The minimum atomic E-state index is -0.746. The van der Waals surface area contributed by atoms with Crippen LogP contribution in [-0.4, -0.2) is 22.3 Å². The summed E-state index contributed by atoms with van der Waals surface area (Å²) in [6.45, 7) is 3.66. The summed E-state index contributed by atoms with van der Waals surface area (Å²) in [6, 6.07) is 8.44. The van der Waals surface area contributed by atoms with Crippen molar-refractivity contribution in [2.75, 3.05) is 12.8 Å². The maximum absolute atomic E-state index is 11.2. The van der Waals surface area contributed by atoms with Crippen molar-refractivity contribution in [3.63, 3.8) is 0 Å². The van der Waals surface area contributed by atoms with E-state index in [0.717, 1.165) is 13.1 Å². The van der Waals surface area contributed by atoms with Crippen LogP contribution in [0.4, 0.5) is 0 Å². The molecule has 17 heavy (non-hydrogen) atoms. The number of benzene rings is 1. The molecule has 92 valence electrons. The summed E-state index contributed by atoms with van der Waals surface area (Å²) in [4.78, 5) is 0. The standard InChI is InChI=1S/C13H17NOS2/c1-10(17(2)15)7-14-8-11-9-16-13-6-4-3-5-12(11)13/h3-6,9-10,14H,7-8H2,1-2H3. The minimum absolute atomic E-state index is 0.208. The summed E-state index contributed by atoms with van der Waals surface area (Å²) in [5.74, 6) is 0. The highest BCUT2D eigenvalue weighted by Crippen LogP contribution is 2.25. The van der Waals surface area contributed by atoms with Crippen molar-refractivity contribution in [2.24, 2.45) is 0 Å². The van der Waals surface area contributed by atoms with Gasteiger partial charge in [-0.2, -0.15) is 0 Å². The Morgan fingerprint density at radius 2 is 2.18 bits per heavy atom. The summed E-state index contributed by atoms with van der Waals surface area (Å²) < 4.78 is 12.6. The molecule has 0 fully saturated rings. The first kappa shape index (κ1) is 12.7. The van der Waals surface area contributed by atoms with E-state index in [9.17, 15) is 4.21 Å².